The van der Waals surface area contributed by atoms with Gasteiger partial charge in [-0.1, -0.05) is 0 Å². The average molecular weight is 272 g/mol. The highest BCUT2D eigenvalue weighted by atomic mass is 35.5. The zero-order valence-corrected chi connectivity index (χ0v) is 10.3. The molecular formula is C6H14Cl3O3P. The van der Waals surface area contributed by atoms with E-state index in [0.717, 1.165) is 12.8 Å². The van der Waals surface area contributed by atoms with Gasteiger partial charge in [-0.05, 0) is 18.8 Å². The summed E-state index contributed by atoms with van der Waals surface area (Å²) in [4.78, 5) is 14.3. The standard InChI is InChI=1S/C6H11Cl3.H3O3P/c7-3-1-6(5-9)2-4-8;1-4(2)3/h6H,1-5H2;4H,(H2,1,2,3). The van der Waals surface area contributed by atoms with Crippen molar-refractivity contribution in [2.75, 3.05) is 17.6 Å². The maximum Gasteiger partial charge on any atom is 0.314 e. The fourth-order valence-corrected chi connectivity index (χ4v) is 1.53. The van der Waals surface area contributed by atoms with E-state index in [1.807, 2.05) is 0 Å². The molecular weight excluding hydrogens is 257 g/mol. The second kappa shape index (κ2) is 13.0. The van der Waals surface area contributed by atoms with Crippen molar-refractivity contribution >= 4 is 43.1 Å². The molecule has 3 nitrogen and oxygen atoms in total. The molecule has 0 radical (unpaired) electrons. The lowest BCUT2D eigenvalue weighted by Crippen LogP contribution is -2.03. The van der Waals surface area contributed by atoms with Gasteiger partial charge in [-0.25, -0.2) is 0 Å². The summed E-state index contributed by atoms with van der Waals surface area (Å²) >= 11 is 16.6. The third-order valence-corrected chi connectivity index (χ3v) is 2.13. The molecule has 0 unspecified atom stereocenters. The van der Waals surface area contributed by atoms with E-state index >= 15 is 0 Å². The van der Waals surface area contributed by atoms with E-state index in [4.69, 9.17) is 49.2 Å². The molecule has 0 bridgehead atoms. The van der Waals surface area contributed by atoms with Crippen LogP contribution in [0.2, 0.25) is 0 Å². The zero-order chi connectivity index (χ0) is 10.7. The Hall–Kier alpha value is 1.02. The predicted octanol–water partition coefficient (Wildman–Crippen LogP) is 2.46. The van der Waals surface area contributed by atoms with Crippen LogP contribution in [0.25, 0.3) is 0 Å². The second-order valence-electron chi connectivity index (χ2n) is 2.26. The van der Waals surface area contributed by atoms with E-state index in [1.165, 1.54) is 0 Å². The van der Waals surface area contributed by atoms with Crippen LogP contribution in [0.1, 0.15) is 12.8 Å². The Morgan fingerprint density at radius 2 is 1.38 bits per heavy atom. The molecule has 0 spiro atoms. The van der Waals surface area contributed by atoms with E-state index in [1.54, 1.807) is 0 Å². The van der Waals surface area contributed by atoms with Crippen LogP contribution >= 0.6 is 43.1 Å². The molecule has 0 amide bonds. The smallest absolute Gasteiger partial charge is 0.314 e. The van der Waals surface area contributed by atoms with Crippen molar-refractivity contribution in [2.24, 2.45) is 5.92 Å². The van der Waals surface area contributed by atoms with Gasteiger partial charge in [-0.15, -0.1) is 34.8 Å². The van der Waals surface area contributed by atoms with Crippen molar-refractivity contribution in [1.82, 2.24) is 0 Å². The molecule has 7 heteroatoms. The fraction of sp³-hybridized carbons (Fsp3) is 1.00. The molecule has 0 aliphatic rings. The first-order valence-electron chi connectivity index (χ1n) is 3.68. The summed E-state index contributed by atoms with van der Waals surface area (Å²) in [7, 11) is -3.13. The Morgan fingerprint density at radius 3 is 1.54 bits per heavy atom. The van der Waals surface area contributed by atoms with Gasteiger partial charge in [0.15, 0.2) is 0 Å². The van der Waals surface area contributed by atoms with Crippen molar-refractivity contribution in [2.45, 2.75) is 12.8 Å². The quantitative estimate of drug-likeness (QED) is 0.596. The average Bonchev–Trinajstić information content (AvgIpc) is 2.03. The van der Waals surface area contributed by atoms with Gasteiger partial charge in [-0.3, -0.25) is 4.57 Å². The van der Waals surface area contributed by atoms with E-state index in [2.05, 4.69) is 0 Å². The highest BCUT2D eigenvalue weighted by Gasteiger charge is 2.04. The van der Waals surface area contributed by atoms with Crippen molar-refractivity contribution in [3.63, 3.8) is 0 Å². The van der Waals surface area contributed by atoms with Crippen molar-refractivity contribution < 1.29 is 14.4 Å². The SMILES string of the molecule is ClCCC(CCl)CCCl.O=[PH](O)O. The van der Waals surface area contributed by atoms with Gasteiger partial charge in [0.1, 0.15) is 0 Å². The van der Waals surface area contributed by atoms with E-state index in [9.17, 15) is 0 Å². The molecule has 0 saturated carbocycles. The second-order valence-corrected chi connectivity index (χ2v) is 3.89. The lowest BCUT2D eigenvalue weighted by molar-refractivity contribution is 0.405. The zero-order valence-electron chi connectivity index (χ0n) is 7.05. The molecule has 0 fully saturated rings. The monoisotopic (exact) mass is 270 g/mol. The van der Waals surface area contributed by atoms with Crippen molar-refractivity contribution in [3.8, 4) is 0 Å². The number of hydrogen-bond donors (Lipinski definition) is 2. The summed E-state index contributed by atoms with van der Waals surface area (Å²) < 4.78 is 8.74. The van der Waals surface area contributed by atoms with Gasteiger partial charge in [-0.2, -0.15) is 0 Å². The van der Waals surface area contributed by atoms with Gasteiger partial charge in [0.05, 0.1) is 0 Å². The Kier molecular flexibility index (Phi) is 16.5. The molecule has 0 aromatic carbocycles. The summed E-state index contributed by atoms with van der Waals surface area (Å²) in [5, 5.41) is 0. The van der Waals surface area contributed by atoms with Gasteiger partial charge >= 0.3 is 8.25 Å². The highest BCUT2D eigenvalue weighted by molar-refractivity contribution is 7.30. The molecule has 0 rings (SSSR count). The molecule has 82 valence electrons. The Bertz CT molecular complexity index is 116. The molecule has 0 aromatic heterocycles. The summed E-state index contributed by atoms with van der Waals surface area (Å²) in [6.45, 7) is 0. The summed E-state index contributed by atoms with van der Waals surface area (Å²) in [6.07, 6.45) is 1.97. The van der Waals surface area contributed by atoms with Crippen LogP contribution in [0.3, 0.4) is 0 Å². The molecule has 2 N–H and O–H groups in total. The first-order valence-corrected chi connectivity index (χ1v) is 6.58. The highest BCUT2D eigenvalue weighted by Crippen LogP contribution is 2.11. The first kappa shape index (κ1) is 16.4. The Balaban J connectivity index is 0. The Morgan fingerprint density at radius 1 is 1.08 bits per heavy atom. The van der Waals surface area contributed by atoms with Crippen LogP contribution in [0.4, 0.5) is 0 Å². The minimum atomic E-state index is -3.13. The third-order valence-electron chi connectivity index (χ3n) is 1.25. The predicted molar refractivity (Wildman–Crippen MR) is 58.3 cm³/mol. The maximum atomic E-state index is 8.74. The van der Waals surface area contributed by atoms with E-state index < -0.39 is 8.25 Å². The molecule has 13 heavy (non-hydrogen) atoms. The normalized spacial score (nSPS) is 10.1. The van der Waals surface area contributed by atoms with E-state index in [0.29, 0.717) is 23.6 Å². The Labute approximate surface area is 93.9 Å². The molecule has 0 heterocycles. The maximum absolute atomic E-state index is 8.74. The molecule has 0 aliphatic carbocycles. The van der Waals surface area contributed by atoms with Gasteiger partial charge < -0.3 is 9.79 Å². The first-order chi connectivity index (χ1) is 6.08. The lowest BCUT2D eigenvalue weighted by Gasteiger charge is -2.07. The fourth-order valence-electron chi connectivity index (χ4n) is 0.607. The van der Waals surface area contributed by atoms with Crippen LogP contribution in [-0.4, -0.2) is 27.4 Å². The summed E-state index contributed by atoms with van der Waals surface area (Å²) in [5.41, 5.74) is 0. The molecule has 0 aliphatic heterocycles. The van der Waals surface area contributed by atoms with E-state index in [-0.39, 0.29) is 0 Å². The lowest BCUT2D eigenvalue weighted by atomic mass is 10.1. The minimum absolute atomic E-state index is 0.515. The van der Waals surface area contributed by atoms with Gasteiger partial charge in [0, 0.05) is 17.6 Å². The minimum Gasteiger partial charge on any atom is -0.326 e. The molecule has 0 saturated heterocycles. The molecule has 0 atom stereocenters. The van der Waals surface area contributed by atoms with Crippen LogP contribution < -0.4 is 0 Å². The van der Waals surface area contributed by atoms with Crippen LogP contribution in [0, 0.1) is 5.92 Å². The van der Waals surface area contributed by atoms with Crippen LogP contribution in [0.15, 0.2) is 0 Å². The van der Waals surface area contributed by atoms with Crippen LogP contribution in [0.5, 0.6) is 0 Å². The van der Waals surface area contributed by atoms with Crippen LogP contribution in [-0.2, 0) is 4.57 Å². The topological polar surface area (TPSA) is 57.5 Å². The number of alkyl halides is 3. The summed E-state index contributed by atoms with van der Waals surface area (Å²) in [5.74, 6) is 2.57. The van der Waals surface area contributed by atoms with Gasteiger partial charge in [0.2, 0.25) is 0 Å². The largest absolute Gasteiger partial charge is 0.326 e. The third kappa shape index (κ3) is 19.4. The summed E-state index contributed by atoms with van der Waals surface area (Å²) in [6, 6.07) is 0. The molecule has 0 aromatic rings. The number of halogens is 3. The number of hydrogen-bond acceptors (Lipinski definition) is 1. The van der Waals surface area contributed by atoms with Crippen molar-refractivity contribution in [1.29, 1.82) is 0 Å². The van der Waals surface area contributed by atoms with Crippen molar-refractivity contribution in [3.05, 3.63) is 0 Å². The van der Waals surface area contributed by atoms with Gasteiger partial charge in [0.25, 0.3) is 0 Å². The number of rotatable bonds is 5.